The van der Waals surface area contributed by atoms with Gasteiger partial charge >= 0.3 is 0 Å². The summed E-state index contributed by atoms with van der Waals surface area (Å²) in [6, 6.07) is 13.5. The number of hydrogen-bond acceptors (Lipinski definition) is 3. The highest BCUT2D eigenvalue weighted by Gasteiger charge is 2.09. The van der Waals surface area contributed by atoms with Gasteiger partial charge in [0.25, 0.3) is 0 Å². The standard InChI is InChI=1S/C18H24N2S/c1-3-10-20-17(13-16-8-11-19-12-9-16)14-21-18-6-4-15(2)5-7-18/h4-9,11-12,17,20H,3,10,13-14H2,1-2H3. The molecule has 1 atom stereocenters. The van der Waals surface area contributed by atoms with Gasteiger partial charge in [-0.3, -0.25) is 4.98 Å². The molecule has 0 aliphatic rings. The molecule has 0 amide bonds. The summed E-state index contributed by atoms with van der Waals surface area (Å²) >= 11 is 1.93. The molecule has 21 heavy (non-hydrogen) atoms. The molecule has 0 radical (unpaired) electrons. The fraction of sp³-hybridized carbons (Fsp3) is 0.389. The van der Waals surface area contributed by atoms with Crippen molar-refractivity contribution in [1.82, 2.24) is 10.3 Å². The Kier molecular flexibility index (Phi) is 6.77. The maximum absolute atomic E-state index is 4.09. The molecular formula is C18H24N2S. The summed E-state index contributed by atoms with van der Waals surface area (Å²) in [6.45, 7) is 5.41. The minimum Gasteiger partial charge on any atom is -0.313 e. The molecule has 1 aromatic carbocycles. The number of nitrogens with zero attached hydrogens (tertiary/aromatic N) is 1. The molecule has 1 unspecified atom stereocenters. The summed E-state index contributed by atoms with van der Waals surface area (Å²) < 4.78 is 0. The zero-order chi connectivity index (χ0) is 14.9. The number of aromatic nitrogens is 1. The Bertz CT molecular complexity index is 511. The maximum atomic E-state index is 4.09. The summed E-state index contributed by atoms with van der Waals surface area (Å²) in [5.74, 6) is 1.09. The van der Waals surface area contributed by atoms with E-state index in [1.165, 1.54) is 22.4 Å². The number of rotatable bonds is 8. The van der Waals surface area contributed by atoms with Gasteiger partial charge in [-0.1, -0.05) is 24.6 Å². The first-order valence-corrected chi connectivity index (χ1v) is 8.58. The molecule has 0 fully saturated rings. The molecule has 2 nitrogen and oxygen atoms in total. The zero-order valence-electron chi connectivity index (χ0n) is 12.9. The van der Waals surface area contributed by atoms with Gasteiger partial charge in [0.2, 0.25) is 0 Å². The molecule has 1 aromatic heterocycles. The largest absolute Gasteiger partial charge is 0.313 e. The van der Waals surface area contributed by atoms with Crippen LogP contribution >= 0.6 is 11.8 Å². The SMILES string of the molecule is CCCNC(CSc1ccc(C)cc1)Cc1ccncc1. The molecule has 0 aliphatic carbocycles. The molecule has 2 aromatic rings. The molecular weight excluding hydrogens is 276 g/mol. The van der Waals surface area contributed by atoms with Crippen molar-refractivity contribution in [3.63, 3.8) is 0 Å². The van der Waals surface area contributed by atoms with E-state index in [2.05, 4.69) is 60.5 Å². The minimum absolute atomic E-state index is 0.499. The molecule has 0 saturated carbocycles. The van der Waals surface area contributed by atoms with Crippen LogP contribution in [0.2, 0.25) is 0 Å². The fourth-order valence-corrected chi connectivity index (χ4v) is 3.13. The van der Waals surface area contributed by atoms with E-state index in [-0.39, 0.29) is 0 Å². The van der Waals surface area contributed by atoms with Crippen LogP contribution in [0.3, 0.4) is 0 Å². The predicted molar refractivity (Wildman–Crippen MR) is 91.9 cm³/mol. The van der Waals surface area contributed by atoms with E-state index in [4.69, 9.17) is 0 Å². The first-order valence-electron chi connectivity index (χ1n) is 7.59. The predicted octanol–water partition coefficient (Wildman–Crippen LogP) is 4.09. The monoisotopic (exact) mass is 300 g/mol. The van der Waals surface area contributed by atoms with E-state index in [0.717, 1.165) is 18.7 Å². The van der Waals surface area contributed by atoms with Gasteiger partial charge in [0.1, 0.15) is 0 Å². The summed E-state index contributed by atoms with van der Waals surface area (Å²) in [6.07, 6.45) is 5.97. The summed E-state index contributed by atoms with van der Waals surface area (Å²) in [5, 5.41) is 3.66. The lowest BCUT2D eigenvalue weighted by molar-refractivity contribution is 0.550. The highest BCUT2D eigenvalue weighted by Crippen LogP contribution is 2.20. The molecule has 0 bridgehead atoms. The average Bonchev–Trinajstić information content (AvgIpc) is 2.52. The van der Waals surface area contributed by atoms with Crippen molar-refractivity contribution in [2.75, 3.05) is 12.3 Å². The van der Waals surface area contributed by atoms with Crippen molar-refractivity contribution in [2.45, 2.75) is 37.6 Å². The number of benzene rings is 1. The molecule has 3 heteroatoms. The second-order valence-corrected chi connectivity index (χ2v) is 6.43. The quantitative estimate of drug-likeness (QED) is 0.743. The van der Waals surface area contributed by atoms with E-state index in [0.29, 0.717) is 6.04 Å². The number of pyridine rings is 1. The number of nitrogens with one attached hydrogen (secondary N) is 1. The van der Waals surface area contributed by atoms with Crippen molar-refractivity contribution in [3.8, 4) is 0 Å². The Morgan fingerprint density at radius 3 is 2.48 bits per heavy atom. The van der Waals surface area contributed by atoms with Crippen molar-refractivity contribution in [3.05, 3.63) is 59.9 Å². The van der Waals surface area contributed by atoms with Crippen molar-refractivity contribution in [2.24, 2.45) is 0 Å². The first kappa shape index (κ1) is 16.1. The Hall–Kier alpha value is -1.32. The fourth-order valence-electron chi connectivity index (χ4n) is 2.17. The van der Waals surface area contributed by atoms with Crippen LogP contribution in [0.25, 0.3) is 0 Å². The lowest BCUT2D eigenvalue weighted by Crippen LogP contribution is -2.34. The summed E-state index contributed by atoms with van der Waals surface area (Å²) in [7, 11) is 0. The van der Waals surface area contributed by atoms with Gasteiger partial charge in [-0.25, -0.2) is 0 Å². The van der Waals surface area contributed by atoms with Gasteiger partial charge in [0.05, 0.1) is 0 Å². The maximum Gasteiger partial charge on any atom is 0.0270 e. The smallest absolute Gasteiger partial charge is 0.0270 e. The lowest BCUT2D eigenvalue weighted by Gasteiger charge is -2.18. The van der Waals surface area contributed by atoms with Crippen LogP contribution in [-0.4, -0.2) is 23.3 Å². The second-order valence-electron chi connectivity index (χ2n) is 5.33. The molecule has 0 spiro atoms. The van der Waals surface area contributed by atoms with Crippen molar-refractivity contribution >= 4 is 11.8 Å². The third-order valence-electron chi connectivity index (χ3n) is 3.39. The van der Waals surface area contributed by atoms with Crippen LogP contribution < -0.4 is 5.32 Å². The van der Waals surface area contributed by atoms with E-state index >= 15 is 0 Å². The molecule has 0 aliphatic heterocycles. The minimum atomic E-state index is 0.499. The molecule has 2 rings (SSSR count). The van der Waals surface area contributed by atoms with Crippen LogP contribution in [0, 0.1) is 6.92 Å². The van der Waals surface area contributed by atoms with Crippen LogP contribution in [0.1, 0.15) is 24.5 Å². The van der Waals surface area contributed by atoms with E-state index in [9.17, 15) is 0 Å². The topological polar surface area (TPSA) is 24.9 Å². The van der Waals surface area contributed by atoms with Crippen LogP contribution in [-0.2, 0) is 6.42 Å². The molecule has 0 saturated heterocycles. The first-order chi connectivity index (χ1) is 10.3. The van der Waals surface area contributed by atoms with Gasteiger partial charge in [-0.2, -0.15) is 0 Å². The van der Waals surface area contributed by atoms with E-state index < -0.39 is 0 Å². The van der Waals surface area contributed by atoms with E-state index in [1.54, 1.807) is 0 Å². The lowest BCUT2D eigenvalue weighted by atomic mass is 10.1. The van der Waals surface area contributed by atoms with Crippen molar-refractivity contribution in [1.29, 1.82) is 0 Å². The Morgan fingerprint density at radius 2 is 1.81 bits per heavy atom. The normalized spacial score (nSPS) is 12.3. The molecule has 1 N–H and O–H groups in total. The third-order valence-corrected chi connectivity index (χ3v) is 4.56. The highest BCUT2D eigenvalue weighted by molar-refractivity contribution is 7.99. The van der Waals surface area contributed by atoms with Gasteiger partial charge in [-0.15, -0.1) is 11.8 Å². The van der Waals surface area contributed by atoms with Gasteiger partial charge < -0.3 is 5.32 Å². The van der Waals surface area contributed by atoms with E-state index in [1.807, 2.05) is 24.2 Å². The third kappa shape index (κ3) is 5.90. The Labute approximate surface area is 132 Å². The van der Waals surface area contributed by atoms with Gasteiger partial charge in [-0.05, 0) is 56.1 Å². The van der Waals surface area contributed by atoms with Crippen LogP contribution in [0.4, 0.5) is 0 Å². The number of thioether (sulfide) groups is 1. The van der Waals surface area contributed by atoms with Gasteiger partial charge in [0, 0.05) is 29.1 Å². The number of hydrogen-bond donors (Lipinski definition) is 1. The van der Waals surface area contributed by atoms with Crippen LogP contribution in [0.5, 0.6) is 0 Å². The molecule has 112 valence electrons. The second kappa shape index (κ2) is 8.85. The van der Waals surface area contributed by atoms with Gasteiger partial charge in [0.15, 0.2) is 0 Å². The van der Waals surface area contributed by atoms with Crippen molar-refractivity contribution < 1.29 is 0 Å². The number of aryl methyl sites for hydroxylation is 1. The zero-order valence-corrected chi connectivity index (χ0v) is 13.7. The van der Waals surface area contributed by atoms with Crippen LogP contribution in [0.15, 0.2) is 53.7 Å². The molecule has 1 heterocycles. The Morgan fingerprint density at radius 1 is 1.10 bits per heavy atom. The average molecular weight is 300 g/mol. The Balaban J connectivity index is 1.91. The summed E-state index contributed by atoms with van der Waals surface area (Å²) in [4.78, 5) is 5.44. The highest BCUT2D eigenvalue weighted by atomic mass is 32.2. The summed E-state index contributed by atoms with van der Waals surface area (Å²) in [5.41, 5.74) is 2.67.